The molecule has 3 aromatic carbocycles. The second-order valence-corrected chi connectivity index (χ2v) is 7.01. The van der Waals surface area contributed by atoms with Crippen molar-refractivity contribution in [2.24, 2.45) is 5.10 Å². The maximum Gasteiger partial charge on any atom is 0.329 e. The van der Waals surface area contributed by atoms with E-state index in [1.807, 2.05) is 0 Å². The van der Waals surface area contributed by atoms with Gasteiger partial charge in [0.15, 0.2) is 6.61 Å². The smallest absolute Gasteiger partial charge is 0.329 e. The molecule has 10 heteroatoms. The van der Waals surface area contributed by atoms with Gasteiger partial charge in [0.05, 0.1) is 6.21 Å². The number of halogens is 2. The van der Waals surface area contributed by atoms with Crippen molar-refractivity contribution < 1.29 is 23.5 Å². The van der Waals surface area contributed by atoms with Gasteiger partial charge in [-0.3, -0.25) is 14.4 Å². The van der Waals surface area contributed by atoms with Crippen LogP contribution in [0, 0.1) is 5.82 Å². The van der Waals surface area contributed by atoms with Gasteiger partial charge < -0.3 is 15.4 Å². The fraction of sp³-hybridized carbons (Fsp3) is 0.0435. The first-order chi connectivity index (χ1) is 15.9. The molecule has 0 saturated carbocycles. The molecule has 0 aliphatic heterocycles. The average Bonchev–Trinajstić information content (AvgIpc) is 2.81. The molecular weight excluding hydrogens is 451 g/mol. The highest BCUT2D eigenvalue weighted by atomic mass is 35.5. The molecule has 0 spiro atoms. The van der Waals surface area contributed by atoms with Gasteiger partial charge in [0.25, 0.3) is 5.91 Å². The lowest BCUT2D eigenvalue weighted by Gasteiger charge is -2.08. The first kappa shape index (κ1) is 23.4. The quantitative estimate of drug-likeness (QED) is 0.280. The van der Waals surface area contributed by atoms with E-state index in [0.29, 0.717) is 22.0 Å². The number of hydrogen-bond donors (Lipinski definition) is 3. The van der Waals surface area contributed by atoms with Gasteiger partial charge in [-0.15, -0.1) is 0 Å². The molecule has 3 amide bonds. The summed E-state index contributed by atoms with van der Waals surface area (Å²) in [6.45, 7) is -0.219. The first-order valence-corrected chi connectivity index (χ1v) is 9.95. The molecule has 0 bridgehead atoms. The summed E-state index contributed by atoms with van der Waals surface area (Å²) in [6, 6.07) is 18.2. The number of nitrogens with one attached hydrogen (secondary N) is 3. The average molecular weight is 469 g/mol. The minimum Gasteiger partial charge on any atom is -0.484 e. The van der Waals surface area contributed by atoms with E-state index < -0.39 is 17.6 Å². The van der Waals surface area contributed by atoms with Crippen molar-refractivity contribution in [1.29, 1.82) is 0 Å². The van der Waals surface area contributed by atoms with Gasteiger partial charge in [-0.05, 0) is 66.2 Å². The summed E-state index contributed by atoms with van der Waals surface area (Å²) in [5, 5.41) is 9.29. The van der Waals surface area contributed by atoms with Gasteiger partial charge >= 0.3 is 11.8 Å². The number of benzene rings is 3. The molecule has 3 rings (SSSR count). The molecule has 0 heterocycles. The van der Waals surface area contributed by atoms with Crippen molar-refractivity contribution in [3.8, 4) is 5.75 Å². The Morgan fingerprint density at radius 1 is 0.909 bits per heavy atom. The molecule has 0 saturated heterocycles. The van der Waals surface area contributed by atoms with Gasteiger partial charge in [0.2, 0.25) is 0 Å². The van der Waals surface area contributed by atoms with Crippen LogP contribution in [-0.2, 0) is 14.4 Å². The van der Waals surface area contributed by atoms with Crippen LogP contribution in [0.25, 0.3) is 0 Å². The van der Waals surface area contributed by atoms with Crippen LogP contribution in [0.2, 0.25) is 5.02 Å². The van der Waals surface area contributed by atoms with E-state index in [1.54, 1.807) is 48.5 Å². The molecule has 0 aromatic heterocycles. The number of hydrazone groups is 1. The molecule has 33 heavy (non-hydrogen) atoms. The number of rotatable bonds is 7. The first-order valence-electron chi connectivity index (χ1n) is 9.57. The molecule has 0 atom stereocenters. The van der Waals surface area contributed by atoms with Crippen LogP contribution in [0.4, 0.5) is 15.8 Å². The Hall–Kier alpha value is -4.24. The molecule has 3 N–H and O–H groups in total. The maximum absolute atomic E-state index is 12.9. The zero-order valence-corrected chi connectivity index (χ0v) is 17.8. The monoisotopic (exact) mass is 468 g/mol. The van der Waals surface area contributed by atoms with Gasteiger partial charge in [-0.25, -0.2) is 9.82 Å². The van der Waals surface area contributed by atoms with Crippen molar-refractivity contribution in [3.63, 3.8) is 0 Å². The Kier molecular flexibility index (Phi) is 8.09. The summed E-state index contributed by atoms with van der Waals surface area (Å²) in [4.78, 5) is 35.7. The lowest BCUT2D eigenvalue weighted by molar-refractivity contribution is -0.136. The number of ether oxygens (including phenoxy) is 1. The largest absolute Gasteiger partial charge is 0.484 e. The van der Waals surface area contributed by atoms with E-state index >= 15 is 0 Å². The number of anilines is 2. The normalized spacial score (nSPS) is 10.5. The zero-order chi connectivity index (χ0) is 23.6. The predicted octanol–water partition coefficient (Wildman–Crippen LogP) is 3.59. The number of carbonyl (C=O) groups excluding carboxylic acids is 3. The van der Waals surface area contributed by atoms with Crippen molar-refractivity contribution >= 4 is 46.9 Å². The highest BCUT2D eigenvalue weighted by molar-refractivity contribution is 6.39. The van der Waals surface area contributed by atoms with Gasteiger partial charge in [-0.2, -0.15) is 5.10 Å². The van der Waals surface area contributed by atoms with Crippen molar-refractivity contribution in [3.05, 3.63) is 89.2 Å². The Labute approximate surface area is 193 Å². The topological polar surface area (TPSA) is 109 Å². The molecule has 0 unspecified atom stereocenters. The van der Waals surface area contributed by atoms with Gasteiger partial charge in [-0.1, -0.05) is 23.7 Å². The minimum absolute atomic E-state index is 0.219. The summed E-state index contributed by atoms with van der Waals surface area (Å²) in [5.74, 6) is -2.36. The van der Waals surface area contributed by atoms with Crippen LogP contribution in [0.3, 0.4) is 0 Å². The molecular formula is C23H18ClFN4O4. The summed E-state index contributed by atoms with van der Waals surface area (Å²) in [6.07, 6.45) is 1.31. The molecule has 0 aliphatic carbocycles. The predicted molar refractivity (Wildman–Crippen MR) is 123 cm³/mol. The number of nitrogens with zero attached hydrogens (tertiary/aromatic N) is 1. The van der Waals surface area contributed by atoms with E-state index in [4.69, 9.17) is 16.3 Å². The third-order valence-electron chi connectivity index (χ3n) is 4.04. The summed E-state index contributed by atoms with van der Waals surface area (Å²) >= 11 is 5.81. The lowest BCUT2D eigenvalue weighted by atomic mass is 10.2. The van der Waals surface area contributed by atoms with Crippen LogP contribution in [0.15, 0.2) is 77.9 Å². The fourth-order valence-electron chi connectivity index (χ4n) is 2.50. The summed E-state index contributed by atoms with van der Waals surface area (Å²) < 4.78 is 18.4. The Balaban J connectivity index is 1.47. The molecule has 0 fully saturated rings. The molecule has 0 aliphatic rings. The standard InChI is InChI=1S/C23H18ClFN4O4/c24-16-4-8-18(9-5-16)27-21(30)14-33-20-3-1-2-15(12-20)13-26-29-23(32)22(31)28-19-10-6-17(25)7-11-19/h1-13H,14H2,(H,27,30)(H,28,31)(H,29,32)/b26-13-. The summed E-state index contributed by atoms with van der Waals surface area (Å²) in [5.41, 5.74) is 3.51. The van der Waals surface area contributed by atoms with Gasteiger partial charge in [0, 0.05) is 16.4 Å². The van der Waals surface area contributed by atoms with Crippen LogP contribution >= 0.6 is 11.6 Å². The fourth-order valence-corrected chi connectivity index (χ4v) is 2.63. The number of amides is 3. The van der Waals surface area contributed by atoms with E-state index in [2.05, 4.69) is 21.2 Å². The van der Waals surface area contributed by atoms with Crippen molar-refractivity contribution in [2.75, 3.05) is 17.2 Å². The molecule has 0 radical (unpaired) electrons. The lowest BCUT2D eigenvalue weighted by Crippen LogP contribution is -2.32. The Morgan fingerprint density at radius 2 is 1.58 bits per heavy atom. The highest BCUT2D eigenvalue weighted by Gasteiger charge is 2.12. The van der Waals surface area contributed by atoms with E-state index in [1.165, 1.54) is 18.3 Å². The molecule has 8 nitrogen and oxygen atoms in total. The van der Waals surface area contributed by atoms with E-state index in [-0.39, 0.29) is 18.2 Å². The van der Waals surface area contributed by atoms with E-state index in [9.17, 15) is 18.8 Å². The third-order valence-corrected chi connectivity index (χ3v) is 4.30. The Bertz CT molecular complexity index is 1170. The van der Waals surface area contributed by atoms with Crippen LogP contribution in [0.5, 0.6) is 5.75 Å². The highest BCUT2D eigenvalue weighted by Crippen LogP contribution is 2.14. The molecule has 3 aromatic rings. The second kappa shape index (κ2) is 11.4. The zero-order valence-electron chi connectivity index (χ0n) is 17.0. The summed E-state index contributed by atoms with van der Waals surface area (Å²) in [7, 11) is 0. The third kappa shape index (κ3) is 7.75. The second-order valence-electron chi connectivity index (χ2n) is 6.58. The van der Waals surface area contributed by atoms with Crippen LogP contribution in [0.1, 0.15) is 5.56 Å². The van der Waals surface area contributed by atoms with Crippen LogP contribution < -0.4 is 20.8 Å². The number of carbonyl (C=O) groups is 3. The van der Waals surface area contributed by atoms with Gasteiger partial charge in [0.1, 0.15) is 11.6 Å². The van der Waals surface area contributed by atoms with Crippen molar-refractivity contribution in [2.45, 2.75) is 0 Å². The molecule has 168 valence electrons. The van der Waals surface area contributed by atoms with E-state index in [0.717, 1.165) is 12.1 Å². The Morgan fingerprint density at radius 3 is 2.30 bits per heavy atom. The van der Waals surface area contributed by atoms with Crippen molar-refractivity contribution in [1.82, 2.24) is 5.43 Å². The maximum atomic E-state index is 12.9. The SMILES string of the molecule is O=C(COc1cccc(/C=N\NC(=O)C(=O)Nc2ccc(F)cc2)c1)Nc1ccc(Cl)cc1. The number of hydrogen-bond acceptors (Lipinski definition) is 5. The van der Waals surface area contributed by atoms with Crippen LogP contribution in [-0.4, -0.2) is 30.5 Å². The minimum atomic E-state index is -0.998.